The second kappa shape index (κ2) is 12.0. The first kappa shape index (κ1) is 26.4. The molecule has 0 aliphatic heterocycles. The van der Waals surface area contributed by atoms with Gasteiger partial charge in [0.25, 0.3) is 5.91 Å². The van der Waals surface area contributed by atoms with Crippen LogP contribution < -0.4 is 14.8 Å². The molecule has 4 aromatic rings. The molecular formula is C29H20BrIN2O4. The number of amides is 1. The van der Waals surface area contributed by atoms with Crippen molar-refractivity contribution in [3.63, 3.8) is 0 Å². The third-order valence-corrected chi connectivity index (χ3v) is 6.62. The van der Waals surface area contributed by atoms with Crippen LogP contribution in [0.1, 0.15) is 22.8 Å². The Morgan fingerprint density at radius 2 is 1.78 bits per heavy atom. The predicted octanol–water partition coefficient (Wildman–Crippen LogP) is 7.37. The molecule has 0 atom stereocenters. The van der Waals surface area contributed by atoms with E-state index in [1.807, 2.05) is 55.5 Å². The first-order chi connectivity index (χ1) is 17.9. The highest BCUT2D eigenvalue weighted by Gasteiger charge is 2.19. The van der Waals surface area contributed by atoms with Crippen molar-refractivity contribution >= 4 is 72.9 Å². The Kier molecular flexibility index (Phi) is 8.58. The summed E-state index contributed by atoms with van der Waals surface area (Å²) < 4.78 is 13.0. The van der Waals surface area contributed by atoms with Crippen LogP contribution in [0.5, 0.6) is 11.5 Å². The largest absolute Gasteiger partial charge is 0.490 e. The van der Waals surface area contributed by atoms with Crippen molar-refractivity contribution in [3.8, 4) is 17.6 Å². The summed E-state index contributed by atoms with van der Waals surface area (Å²) in [5.74, 6) is -0.563. The molecule has 0 aliphatic rings. The van der Waals surface area contributed by atoms with Gasteiger partial charge in [-0.2, -0.15) is 5.26 Å². The van der Waals surface area contributed by atoms with Gasteiger partial charge >= 0.3 is 5.97 Å². The fourth-order valence-electron chi connectivity index (χ4n) is 3.63. The van der Waals surface area contributed by atoms with Crippen LogP contribution in [0, 0.1) is 14.9 Å². The molecule has 0 aliphatic carbocycles. The van der Waals surface area contributed by atoms with E-state index >= 15 is 0 Å². The van der Waals surface area contributed by atoms with Crippen LogP contribution in [-0.4, -0.2) is 18.5 Å². The van der Waals surface area contributed by atoms with Crippen molar-refractivity contribution in [1.82, 2.24) is 0 Å². The summed E-state index contributed by atoms with van der Waals surface area (Å²) in [6.07, 6.45) is 1.45. The molecular weight excluding hydrogens is 647 g/mol. The molecule has 0 aromatic heterocycles. The van der Waals surface area contributed by atoms with Gasteiger partial charge in [-0.05, 0) is 110 Å². The van der Waals surface area contributed by atoms with Crippen molar-refractivity contribution in [1.29, 1.82) is 5.26 Å². The molecule has 4 aromatic carbocycles. The standard InChI is InChI=1S/C29H20BrIN2O4/c1-2-36-26-16-18(14-20(17-32)28(34)33-22-12-10-21(31)11-13-22)15-25(30)27(26)37-29(35)24-9-5-7-19-6-3-4-8-23(19)24/h3-16H,2H2,1H3,(H,33,34)/b20-14+. The molecule has 0 heterocycles. The highest BCUT2D eigenvalue weighted by molar-refractivity contribution is 14.1. The van der Waals surface area contributed by atoms with Crippen molar-refractivity contribution in [2.24, 2.45) is 0 Å². The van der Waals surface area contributed by atoms with Crippen molar-refractivity contribution in [2.45, 2.75) is 6.92 Å². The molecule has 1 N–H and O–H groups in total. The van der Waals surface area contributed by atoms with Crippen molar-refractivity contribution in [3.05, 3.63) is 104 Å². The van der Waals surface area contributed by atoms with Gasteiger partial charge in [-0.3, -0.25) is 4.79 Å². The van der Waals surface area contributed by atoms with E-state index in [0.717, 1.165) is 14.3 Å². The summed E-state index contributed by atoms with van der Waals surface area (Å²) in [6, 6.07) is 25.5. The number of esters is 1. The normalized spacial score (nSPS) is 11.0. The summed E-state index contributed by atoms with van der Waals surface area (Å²) in [5.41, 5.74) is 1.44. The number of fused-ring (bicyclic) bond motifs is 1. The van der Waals surface area contributed by atoms with Crippen LogP contribution in [0.25, 0.3) is 16.8 Å². The minimum Gasteiger partial charge on any atom is -0.490 e. The molecule has 1 amide bonds. The number of ether oxygens (including phenoxy) is 2. The number of nitrogens with zero attached hydrogens (tertiary/aromatic N) is 1. The summed E-state index contributed by atoms with van der Waals surface area (Å²) in [4.78, 5) is 25.8. The number of benzene rings is 4. The monoisotopic (exact) mass is 666 g/mol. The highest BCUT2D eigenvalue weighted by atomic mass is 127. The quantitative estimate of drug-likeness (QED) is 0.0732. The molecule has 0 spiro atoms. The van der Waals surface area contributed by atoms with Crippen LogP contribution in [-0.2, 0) is 4.79 Å². The molecule has 0 radical (unpaired) electrons. The molecule has 0 saturated carbocycles. The summed E-state index contributed by atoms with van der Waals surface area (Å²) >= 11 is 5.63. The second-order valence-electron chi connectivity index (χ2n) is 7.81. The lowest BCUT2D eigenvalue weighted by Gasteiger charge is -2.14. The number of nitrogens with one attached hydrogen (secondary N) is 1. The molecule has 6 nitrogen and oxygen atoms in total. The maximum atomic E-state index is 13.1. The van der Waals surface area contributed by atoms with Gasteiger partial charge in [0.15, 0.2) is 11.5 Å². The van der Waals surface area contributed by atoms with Crippen molar-refractivity contribution in [2.75, 3.05) is 11.9 Å². The van der Waals surface area contributed by atoms with Crippen LogP contribution in [0.3, 0.4) is 0 Å². The Morgan fingerprint density at radius 1 is 1.05 bits per heavy atom. The summed E-state index contributed by atoms with van der Waals surface area (Å²) in [5, 5.41) is 14.0. The van der Waals surface area contributed by atoms with Crippen LogP contribution in [0.2, 0.25) is 0 Å². The molecule has 0 unspecified atom stereocenters. The number of nitriles is 1. The zero-order valence-corrected chi connectivity index (χ0v) is 23.4. The van der Waals surface area contributed by atoms with Gasteiger partial charge in [0.05, 0.1) is 16.6 Å². The Morgan fingerprint density at radius 3 is 2.51 bits per heavy atom. The maximum Gasteiger partial charge on any atom is 0.344 e. The third kappa shape index (κ3) is 6.37. The predicted molar refractivity (Wildman–Crippen MR) is 156 cm³/mol. The van der Waals surface area contributed by atoms with E-state index in [4.69, 9.17) is 9.47 Å². The molecule has 184 valence electrons. The average molecular weight is 667 g/mol. The number of hydrogen-bond acceptors (Lipinski definition) is 5. The van der Waals surface area contributed by atoms with Gasteiger partial charge in [0.1, 0.15) is 11.6 Å². The molecule has 0 bridgehead atoms. The van der Waals surface area contributed by atoms with E-state index in [-0.39, 0.29) is 11.3 Å². The van der Waals surface area contributed by atoms with Gasteiger partial charge in [0, 0.05) is 9.26 Å². The first-order valence-electron chi connectivity index (χ1n) is 11.2. The van der Waals surface area contributed by atoms with E-state index in [2.05, 4.69) is 43.8 Å². The maximum absolute atomic E-state index is 13.1. The zero-order chi connectivity index (χ0) is 26.4. The Balaban J connectivity index is 1.63. The van der Waals surface area contributed by atoms with Gasteiger partial charge < -0.3 is 14.8 Å². The summed E-state index contributed by atoms with van der Waals surface area (Å²) in [7, 11) is 0. The minimum absolute atomic E-state index is 0.0894. The lowest BCUT2D eigenvalue weighted by atomic mass is 10.0. The number of carbonyl (C=O) groups excluding carboxylic acids is 2. The Hall–Kier alpha value is -3.68. The fourth-order valence-corrected chi connectivity index (χ4v) is 4.53. The second-order valence-corrected chi connectivity index (χ2v) is 9.91. The smallest absolute Gasteiger partial charge is 0.344 e. The van der Waals surface area contributed by atoms with E-state index < -0.39 is 11.9 Å². The fraction of sp³-hybridized carbons (Fsp3) is 0.0690. The molecule has 0 fully saturated rings. The topological polar surface area (TPSA) is 88.4 Å². The summed E-state index contributed by atoms with van der Waals surface area (Å²) in [6.45, 7) is 2.12. The zero-order valence-electron chi connectivity index (χ0n) is 19.6. The van der Waals surface area contributed by atoms with Gasteiger partial charge in [-0.25, -0.2) is 4.79 Å². The molecule has 4 rings (SSSR count). The van der Waals surface area contributed by atoms with E-state index in [9.17, 15) is 14.9 Å². The number of anilines is 1. The van der Waals surface area contributed by atoms with Gasteiger partial charge in [-0.15, -0.1) is 0 Å². The SMILES string of the molecule is CCOc1cc(/C=C(\C#N)C(=O)Nc2ccc(I)cc2)cc(Br)c1OC(=O)c1cccc2ccccc12. The van der Waals surface area contributed by atoms with Crippen LogP contribution in [0.4, 0.5) is 5.69 Å². The Bertz CT molecular complexity index is 1550. The number of carbonyl (C=O) groups is 2. The lowest BCUT2D eigenvalue weighted by Crippen LogP contribution is -2.13. The van der Waals surface area contributed by atoms with Gasteiger partial charge in [0.2, 0.25) is 0 Å². The van der Waals surface area contributed by atoms with E-state index in [1.54, 1.807) is 36.4 Å². The first-order valence-corrected chi connectivity index (χ1v) is 13.1. The van der Waals surface area contributed by atoms with Crippen LogP contribution >= 0.6 is 38.5 Å². The molecule has 0 saturated heterocycles. The lowest BCUT2D eigenvalue weighted by molar-refractivity contribution is -0.112. The van der Waals surface area contributed by atoms with E-state index in [0.29, 0.717) is 33.6 Å². The van der Waals surface area contributed by atoms with Gasteiger partial charge in [-0.1, -0.05) is 36.4 Å². The molecule has 8 heteroatoms. The Labute approximate surface area is 236 Å². The highest BCUT2D eigenvalue weighted by Crippen LogP contribution is 2.38. The molecule has 37 heavy (non-hydrogen) atoms. The minimum atomic E-state index is -0.538. The number of halogens is 2. The number of hydrogen-bond donors (Lipinski definition) is 1. The van der Waals surface area contributed by atoms with Crippen molar-refractivity contribution < 1.29 is 19.1 Å². The average Bonchev–Trinajstić information content (AvgIpc) is 2.90. The van der Waals surface area contributed by atoms with E-state index in [1.165, 1.54) is 6.08 Å². The number of rotatable bonds is 7. The van der Waals surface area contributed by atoms with Crippen LogP contribution in [0.15, 0.2) is 88.9 Å². The third-order valence-electron chi connectivity index (χ3n) is 5.31.